The number of methoxy groups -OCH3 is 1. The lowest BCUT2D eigenvalue weighted by Crippen LogP contribution is -2.48. The first-order valence-electron chi connectivity index (χ1n) is 7.83. The summed E-state index contributed by atoms with van der Waals surface area (Å²) in [4.78, 5) is 14.1. The Bertz CT molecular complexity index is 902. The quantitative estimate of drug-likeness (QED) is 0.623. The van der Waals surface area contributed by atoms with Crippen molar-refractivity contribution in [3.63, 3.8) is 0 Å². The number of nitrogens with zero attached hydrogens (tertiary/aromatic N) is 1. The molecular formula is C19H16ClFN2O2S. The maximum atomic E-state index is 13.5. The molecule has 1 heterocycles. The molecular weight excluding hydrogens is 375 g/mol. The van der Waals surface area contributed by atoms with Crippen molar-refractivity contribution < 1.29 is 13.9 Å². The molecule has 0 unspecified atom stereocenters. The summed E-state index contributed by atoms with van der Waals surface area (Å²) < 4.78 is 18.5. The molecule has 2 aromatic rings. The van der Waals surface area contributed by atoms with Gasteiger partial charge in [0.25, 0.3) is 0 Å². The summed E-state index contributed by atoms with van der Waals surface area (Å²) in [6.45, 7) is 1.77. The highest BCUT2D eigenvalue weighted by Gasteiger charge is 2.35. The van der Waals surface area contributed by atoms with E-state index in [0.29, 0.717) is 22.1 Å². The molecule has 0 fully saturated rings. The Morgan fingerprint density at radius 2 is 1.96 bits per heavy atom. The fraction of sp³-hybridized carbons (Fsp3) is 0.158. The molecule has 1 atom stereocenters. The molecule has 2 aromatic carbocycles. The molecule has 134 valence electrons. The summed E-state index contributed by atoms with van der Waals surface area (Å²) in [5.74, 6) is -0.993. The van der Waals surface area contributed by atoms with Crippen molar-refractivity contribution in [1.29, 1.82) is 0 Å². The zero-order chi connectivity index (χ0) is 18.8. The number of ether oxygens (including phenoxy) is 1. The molecule has 0 saturated heterocycles. The molecule has 0 spiro atoms. The zero-order valence-corrected chi connectivity index (χ0v) is 15.7. The minimum Gasteiger partial charge on any atom is -0.466 e. The van der Waals surface area contributed by atoms with Crippen LogP contribution in [0.5, 0.6) is 0 Å². The van der Waals surface area contributed by atoms with Crippen LogP contribution in [-0.4, -0.2) is 18.2 Å². The van der Waals surface area contributed by atoms with Crippen LogP contribution in [0, 0.1) is 5.82 Å². The third-order valence-corrected chi connectivity index (χ3v) is 4.77. The SMILES string of the molecule is COC(=O)C1=C(C)N(c2ccc(F)c(Cl)c2)C(=S)N[C@H]1c1ccccc1. The number of anilines is 1. The Morgan fingerprint density at radius 1 is 1.27 bits per heavy atom. The number of nitrogens with one attached hydrogen (secondary N) is 1. The predicted octanol–water partition coefficient (Wildman–Crippen LogP) is 4.36. The van der Waals surface area contributed by atoms with Gasteiger partial charge in [-0.25, -0.2) is 9.18 Å². The lowest BCUT2D eigenvalue weighted by atomic mass is 9.95. The Balaban J connectivity index is 2.14. The molecule has 0 bridgehead atoms. The van der Waals surface area contributed by atoms with Crippen LogP contribution in [0.1, 0.15) is 18.5 Å². The highest BCUT2D eigenvalue weighted by atomic mass is 35.5. The van der Waals surface area contributed by atoms with Crippen molar-refractivity contribution >= 4 is 40.6 Å². The highest BCUT2D eigenvalue weighted by Crippen LogP contribution is 2.35. The fourth-order valence-corrected chi connectivity index (χ4v) is 3.48. The van der Waals surface area contributed by atoms with Gasteiger partial charge in [-0.15, -0.1) is 0 Å². The van der Waals surface area contributed by atoms with Gasteiger partial charge >= 0.3 is 5.97 Å². The van der Waals surface area contributed by atoms with Gasteiger partial charge in [-0.1, -0.05) is 41.9 Å². The third kappa shape index (κ3) is 3.30. The van der Waals surface area contributed by atoms with Crippen molar-refractivity contribution in [2.45, 2.75) is 13.0 Å². The lowest BCUT2D eigenvalue weighted by molar-refractivity contribution is -0.136. The summed E-state index contributed by atoms with van der Waals surface area (Å²) in [5.41, 5.74) is 2.45. The minimum absolute atomic E-state index is 0.0251. The Morgan fingerprint density at radius 3 is 2.58 bits per heavy atom. The first kappa shape index (κ1) is 18.4. The number of esters is 1. The standard InChI is InChI=1S/C19H16ClFN2O2S/c1-11-16(18(24)25-2)17(12-6-4-3-5-7-12)22-19(26)23(11)13-8-9-15(21)14(20)10-13/h3-10,17H,1-2H3,(H,22,26)/t17-/m0/s1. The maximum Gasteiger partial charge on any atom is 0.337 e. The van der Waals surface area contributed by atoms with Crippen molar-refractivity contribution in [2.75, 3.05) is 12.0 Å². The van der Waals surface area contributed by atoms with Gasteiger partial charge in [0.15, 0.2) is 5.11 Å². The topological polar surface area (TPSA) is 41.6 Å². The van der Waals surface area contributed by atoms with Gasteiger partial charge in [0.2, 0.25) is 0 Å². The molecule has 3 rings (SSSR count). The normalized spacial score (nSPS) is 17.2. The second-order valence-corrected chi connectivity index (χ2v) is 6.51. The van der Waals surface area contributed by atoms with Crippen LogP contribution < -0.4 is 10.2 Å². The number of halogens is 2. The van der Waals surface area contributed by atoms with Crippen LogP contribution in [0.3, 0.4) is 0 Å². The number of rotatable bonds is 3. The van der Waals surface area contributed by atoms with E-state index in [1.807, 2.05) is 30.3 Å². The molecule has 0 radical (unpaired) electrons. The van der Waals surface area contributed by atoms with E-state index in [4.69, 9.17) is 28.6 Å². The number of carbonyl (C=O) groups excluding carboxylic acids is 1. The van der Waals surface area contributed by atoms with Crippen LogP contribution in [0.2, 0.25) is 5.02 Å². The van der Waals surface area contributed by atoms with E-state index >= 15 is 0 Å². The van der Waals surface area contributed by atoms with Crippen molar-refractivity contribution in [1.82, 2.24) is 5.32 Å². The Labute approximate surface area is 161 Å². The van der Waals surface area contributed by atoms with Gasteiger partial charge in [0, 0.05) is 11.4 Å². The number of hydrogen-bond acceptors (Lipinski definition) is 3. The summed E-state index contributed by atoms with van der Waals surface area (Å²) in [7, 11) is 1.33. The first-order valence-corrected chi connectivity index (χ1v) is 8.62. The van der Waals surface area contributed by atoms with Gasteiger partial charge in [0.1, 0.15) is 5.82 Å². The maximum absolute atomic E-state index is 13.5. The van der Waals surface area contributed by atoms with E-state index in [9.17, 15) is 9.18 Å². The van der Waals surface area contributed by atoms with E-state index in [1.54, 1.807) is 17.9 Å². The Kier molecular flexibility index (Phi) is 5.25. The van der Waals surface area contributed by atoms with Crippen molar-refractivity contribution in [3.05, 3.63) is 76.2 Å². The van der Waals surface area contributed by atoms with E-state index in [2.05, 4.69) is 5.32 Å². The number of benzene rings is 2. The number of allylic oxidation sites excluding steroid dienone is 1. The third-order valence-electron chi connectivity index (χ3n) is 4.18. The van der Waals surface area contributed by atoms with Gasteiger partial charge in [-0.05, 0) is 42.9 Å². The van der Waals surface area contributed by atoms with Crippen molar-refractivity contribution in [3.8, 4) is 0 Å². The monoisotopic (exact) mass is 390 g/mol. The molecule has 1 aliphatic rings. The molecule has 1 aliphatic heterocycles. The summed E-state index contributed by atoms with van der Waals surface area (Å²) >= 11 is 11.4. The average Bonchev–Trinajstić information content (AvgIpc) is 2.64. The predicted molar refractivity (Wildman–Crippen MR) is 104 cm³/mol. The van der Waals surface area contributed by atoms with E-state index in [1.165, 1.54) is 19.2 Å². The van der Waals surface area contributed by atoms with Crippen LogP contribution in [0.4, 0.5) is 10.1 Å². The van der Waals surface area contributed by atoms with E-state index < -0.39 is 17.8 Å². The molecule has 0 saturated carbocycles. The van der Waals surface area contributed by atoms with Crippen LogP contribution in [0.15, 0.2) is 59.8 Å². The summed E-state index contributed by atoms with van der Waals surface area (Å²) in [6.07, 6.45) is 0. The van der Waals surface area contributed by atoms with Gasteiger partial charge in [-0.3, -0.25) is 4.90 Å². The first-order chi connectivity index (χ1) is 12.4. The highest BCUT2D eigenvalue weighted by molar-refractivity contribution is 7.80. The average molecular weight is 391 g/mol. The lowest BCUT2D eigenvalue weighted by Gasteiger charge is -2.37. The summed E-state index contributed by atoms with van der Waals surface area (Å²) in [6, 6.07) is 13.3. The van der Waals surface area contributed by atoms with Gasteiger partial charge in [-0.2, -0.15) is 0 Å². The van der Waals surface area contributed by atoms with Gasteiger partial charge < -0.3 is 10.1 Å². The number of hydrogen-bond donors (Lipinski definition) is 1. The van der Waals surface area contributed by atoms with Crippen LogP contribution in [0.25, 0.3) is 0 Å². The smallest absolute Gasteiger partial charge is 0.337 e. The second kappa shape index (κ2) is 7.43. The number of thiocarbonyl (C=S) groups is 1. The molecule has 0 aliphatic carbocycles. The fourth-order valence-electron chi connectivity index (χ4n) is 2.95. The van der Waals surface area contributed by atoms with Crippen molar-refractivity contribution in [2.24, 2.45) is 0 Å². The van der Waals surface area contributed by atoms with Crippen LogP contribution >= 0.6 is 23.8 Å². The molecule has 7 heteroatoms. The minimum atomic E-state index is -0.525. The zero-order valence-electron chi connectivity index (χ0n) is 14.1. The van der Waals surface area contributed by atoms with E-state index in [-0.39, 0.29) is 5.02 Å². The second-order valence-electron chi connectivity index (χ2n) is 5.72. The molecule has 1 N–H and O–H groups in total. The van der Waals surface area contributed by atoms with E-state index in [0.717, 1.165) is 5.56 Å². The molecule has 26 heavy (non-hydrogen) atoms. The largest absolute Gasteiger partial charge is 0.466 e. The summed E-state index contributed by atoms with van der Waals surface area (Å²) in [5, 5.41) is 3.53. The molecule has 0 aromatic heterocycles. The number of carbonyl (C=O) groups is 1. The molecule has 0 amide bonds. The molecule has 4 nitrogen and oxygen atoms in total. The van der Waals surface area contributed by atoms with Gasteiger partial charge in [0.05, 0.1) is 23.7 Å². The Hall–Kier alpha value is -2.44. The van der Waals surface area contributed by atoms with Crippen LogP contribution in [-0.2, 0) is 9.53 Å².